The highest BCUT2D eigenvalue weighted by Crippen LogP contribution is 2.23. The Morgan fingerprint density at radius 3 is 1.38 bits per heavy atom. The van der Waals surface area contributed by atoms with Crippen molar-refractivity contribution in [2.45, 2.75) is 72.9 Å². The summed E-state index contributed by atoms with van der Waals surface area (Å²) in [5.41, 5.74) is 1.11. The van der Waals surface area contributed by atoms with E-state index < -0.39 is 28.4 Å². The van der Waals surface area contributed by atoms with Crippen LogP contribution in [0.4, 0.5) is 29.7 Å². The number of nitrogens with zero attached hydrogens (tertiary/aromatic N) is 8. The number of rotatable bonds is 11. The first-order chi connectivity index (χ1) is 29.8. The molecule has 2 saturated heterocycles. The van der Waals surface area contributed by atoms with E-state index in [1.54, 1.807) is 9.80 Å². The molecule has 0 radical (unpaired) electrons. The van der Waals surface area contributed by atoms with Crippen LogP contribution in [0, 0.1) is 11.6 Å². The number of piperazine rings is 2. The minimum Gasteiger partial charge on any atom is -0.444 e. The fourth-order valence-corrected chi connectivity index (χ4v) is 6.61. The van der Waals surface area contributed by atoms with Gasteiger partial charge >= 0.3 is 12.2 Å². The second-order valence-electron chi connectivity index (χ2n) is 16.7. The van der Waals surface area contributed by atoms with Crippen molar-refractivity contribution >= 4 is 23.6 Å². The first-order valence-corrected chi connectivity index (χ1v) is 20.9. The summed E-state index contributed by atoms with van der Waals surface area (Å²) in [5, 5.41) is 18.6. The number of aromatic nitrogens is 4. The van der Waals surface area contributed by atoms with Crippen LogP contribution < -0.4 is 20.9 Å². The molecule has 4 aromatic rings. The molecule has 2 aliphatic rings. The second-order valence-corrected chi connectivity index (χ2v) is 16.7. The van der Waals surface area contributed by atoms with Gasteiger partial charge in [-0.1, -0.05) is 0 Å². The fourth-order valence-electron chi connectivity index (χ4n) is 6.61. The van der Waals surface area contributed by atoms with Crippen molar-refractivity contribution in [1.82, 2.24) is 29.4 Å². The van der Waals surface area contributed by atoms with Gasteiger partial charge in [0.05, 0.1) is 49.2 Å². The molecule has 2 aromatic heterocycles. The van der Waals surface area contributed by atoms with Crippen molar-refractivity contribution < 1.29 is 42.4 Å². The van der Waals surface area contributed by atoms with Crippen molar-refractivity contribution in [3.63, 3.8) is 0 Å². The molecule has 2 aliphatic heterocycles. The first-order valence-electron chi connectivity index (χ1n) is 20.9. The van der Waals surface area contributed by atoms with Gasteiger partial charge < -0.3 is 43.7 Å². The number of halogens is 2. The molecule has 0 atom stereocenters. The highest BCUT2D eigenvalue weighted by atomic mass is 19.1. The summed E-state index contributed by atoms with van der Waals surface area (Å²) in [6.07, 6.45) is -0.721. The first kappa shape index (κ1) is 48.1. The third-order valence-corrected chi connectivity index (χ3v) is 9.62. The Morgan fingerprint density at radius 1 is 0.619 bits per heavy atom. The van der Waals surface area contributed by atoms with Crippen LogP contribution in [-0.4, -0.2) is 130 Å². The zero-order valence-corrected chi connectivity index (χ0v) is 37.0. The van der Waals surface area contributed by atoms with Gasteiger partial charge in [0.1, 0.15) is 34.2 Å². The molecule has 0 unspecified atom stereocenters. The van der Waals surface area contributed by atoms with E-state index >= 15 is 0 Å². The second kappa shape index (κ2) is 21.4. The van der Waals surface area contributed by atoms with E-state index in [0.29, 0.717) is 106 Å². The molecule has 17 nitrogen and oxygen atoms in total. The van der Waals surface area contributed by atoms with Gasteiger partial charge in [0.2, 0.25) is 0 Å². The quantitative estimate of drug-likeness (QED) is 0.202. The SMILES string of the molecule is CC(C)(C)OC(=O)N1CCN(c2cc(=O)n(-c3ccc(F)cc3)nc2CO)CC1.CCOCCOCc1nn(-c2ccc(F)cc2)c(=O)cc1N1CCN(C(=O)OC(C)(C)C)CC1. The van der Waals surface area contributed by atoms with Crippen LogP contribution in [0.25, 0.3) is 11.4 Å². The van der Waals surface area contributed by atoms with Crippen molar-refractivity contribution in [2.24, 2.45) is 0 Å². The predicted octanol–water partition coefficient (Wildman–Crippen LogP) is 4.90. The van der Waals surface area contributed by atoms with E-state index in [1.165, 1.54) is 65.3 Å². The van der Waals surface area contributed by atoms with Gasteiger partial charge in [0, 0.05) is 71.1 Å². The lowest BCUT2D eigenvalue weighted by atomic mass is 10.2. The van der Waals surface area contributed by atoms with Crippen LogP contribution in [0.1, 0.15) is 59.9 Å². The summed E-state index contributed by atoms with van der Waals surface area (Å²) < 4.78 is 50.8. The molecule has 2 fully saturated rings. The van der Waals surface area contributed by atoms with E-state index in [1.807, 2.05) is 58.3 Å². The monoisotopic (exact) mass is 880 g/mol. The average Bonchev–Trinajstić information content (AvgIpc) is 3.24. The molecule has 342 valence electrons. The Balaban J connectivity index is 0.000000240. The summed E-state index contributed by atoms with van der Waals surface area (Å²) in [6.45, 7) is 17.9. The van der Waals surface area contributed by atoms with Gasteiger partial charge in [-0.3, -0.25) is 9.59 Å². The Labute approximate surface area is 365 Å². The molecular weight excluding hydrogens is 823 g/mol. The summed E-state index contributed by atoms with van der Waals surface area (Å²) in [4.78, 5) is 57.3. The van der Waals surface area contributed by atoms with Crippen molar-refractivity contribution in [3.05, 3.63) is 104 Å². The maximum Gasteiger partial charge on any atom is 0.410 e. The fraction of sp³-hybridized carbons (Fsp3) is 0.500. The normalized spacial score (nSPS) is 14.6. The lowest BCUT2D eigenvalue weighted by Crippen LogP contribution is -2.50. The number of amides is 2. The van der Waals surface area contributed by atoms with Crippen molar-refractivity contribution in [1.29, 1.82) is 0 Å². The van der Waals surface area contributed by atoms with E-state index in [2.05, 4.69) is 10.2 Å². The largest absolute Gasteiger partial charge is 0.444 e. The number of hydrogen-bond acceptors (Lipinski definition) is 13. The van der Waals surface area contributed by atoms with Crippen LogP contribution >= 0.6 is 0 Å². The molecule has 0 bridgehead atoms. The number of benzene rings is 2. The zero-order chi connectivity index (χ0) is 45.9. The third-order valence-electron chi connectivity index (χ3n) is 9.62. The predicted molar refractivity (Wildman–Crippen MR) is 232 cm³/mol. The van der Waals surface area contributed by atoms with Gasteiger partial charge in [-0.15, -0.1) is 0 Å². The third kappa shape index (κ3) is 13.8. The van der Waals surface area contributed by atoms with Gasteiger partial charge in [-0.05, 0) is 97.0 Å². The van der Waals surface area contributed by atoms with E-state index in [4.69, 9.17) is 18.9 Å². The van der Waals surface area contributed by atoms with Gasteiger partial charge in [-0.2, -0.15) is 19.6 Å². The standard InChI is InChI=1S/C24H33FN4O5.C20H25FN4O4/c1-5-32-14-15-33-17-20-21(16-22(30)29(26-20)19-8-6-18(25)7-9-19)27-10-12-28(13-11-27)23(31)34-24(2,3)4;1-20(2,3)29-19(28)24-10-8-23(9-11-24)17-12-18(27)25(22-16(17)13-26)15-6-4-14(21)5-7-15/h6-9,16H,5,10-15,17H2,1-4H3;4-7,12,26H,8-11,13H2,1-3H3. The number of aliphatic hydroxyl groups is 1. The Bertz CT molecular complexity index is 2260. The van der Waals surface area contributed by atoms with Gasteiger partial charge in [0.25, 0.3) is 11.1 Å². The van der Waals surface area contributed by atoms with Crippen LogP contribution in [0.15, 0.2) is 70.3 Å². The van der Waals surface area contributed by atoms with Crippen LogP contribution in [0.2, 0.25) is 0 Å². The Morgan fingerprint density at radius 2 is 1.00 bits per heavy atom. The van der Waals surface area contributed by atoms with Gasteiger partial charge in [0.15, 0.2) is 0 Å². The minimum atomic E-state index is -0.562. The van der Waals surface area contributed by atoms with Gasteiger partial charge in [-0.25, -0.2) is 18.4 Å². The maximum atomic E-state index is 13.4. The zero-order valence-electron chi connectivity index (χ0n) is 37.0. The number of aliphatic hydroxyl groups excluding tert-OH is 1. The number of hydrogen-bond donors (Lipinski definition) is 1. The lowest BCUT2D eigenvalue weighted by Gasteiger charge is -2.37. The van der Waals surface area contributed by atoms with E-state index in [-0.39, 0.29) is 31.0 Å². The van der Waals surface area contributed by atoms with Crippen LogP contribution in [0.3, 0.4) is 0 Å². The number of ether oxygens (including phenoxy) is 4. The topological polar surface area (TPSA) is 174 Å². The number of carbonyl (C=O) groups excluding carboxylic acids is 2. The average molecular weight is 881 g/mol. The molecule has 2 amide bonds. The molecule has 6 rings (SSSR count). The van der Waals surface area contributed by atoms with Crippen LogP contribution in [-0.2, 0) is 32.2 Å². The highest BCUT2D eigenvalue weighted by Gasteiger charge is 2.29. The molecule has 0 saturated carbocycles. The summed E-state index contributed by atoms with van der Waals surface area (Å²) >= 11 is 0. The summed E-state index contributed by atoms with van der Waals surface area (Å²) in [6, 6.07) is 13.9. The Hall–Kier alpha value is -5.92. The summed E-state index contributed by atoms with van der Waals surface area (Å²) in [7, 11) is 0. The summed E-state index contributed by atoms with van der Waals surface area (Å²) in [5.74, 6) is -0.806. The number of carbonyl (C=O) groups is 2. The highest BCUT2D eigenvalue weighted by molar-refractivity contribution is 5.69. The molecular formula is C44H58F2N8O9. The maximum absolute atomic E-state index is 13.4. The van der Waals surface area contributed by atoms with Crippen molar-refractivity contribution in [2.75, 3.05) is 82.0 Å². The van der Waals surface area contributed by atoms with Crippen molar-refractivity contribution in [3.8, 4) is 11.4 Å². The Kier molecular flexibility index (Phi) is 16.4. The molecule has 63 heavy (non-hydrogen) atoms. The molecule has 2 aromatic carbocycles. The molecule has 0 spiro atoms. The molecule has 4 heterocycles. The minimum absolute atomic E-state index is 0.177. The van der Waals surface area contributed by atoms with Crippen LogP contribution in [0.5, 0.6) is 0 Å². The smallest absolute Gasteiger partial charge is 0.410 e. The molecule has 19 heteroatoms. The number of anilines is 2. The van der Waals surface area contributed by atoms with E-state index in [0.717, 1.165) is 4.68 Å². The van der Waals surface area contributed by atoms with E-state index in [9.17, 15) is 33.1 Å². The molecule has 0 aliphatic carbocycles. The molecule has 1 N–H and O–H groups in total. The lowest BCUT2D eigenvalue weighted by molar-refractivity contribution is 0.0230.